The quantitative estimate of drug-likeness (QED) is 0.0352. The van der Waals surface area contributed by atoms with E-state index in [1.807, 2.05) is 0 Å². The van der Waals surface area contributed by atoms with Crippen molar-refractivity contribution in [3.8, 4) is 0 Å². The molecule has 0 fully saturated rings. The zero-order valence-electron chi connectivity index (χ0n) is 38.4. The summed E-state index contributed by atoms with van der Waals surface area (Å²) in [6.45, 7) is 4.32. The zero-order chi connectivity index (χ0) is 56.4. The molecule has 398 valence electrons. The van der Waals surface area contributed by atoms with Gasteiger partial charge in [0.25, 0.3) is 0 Å². The van der Waals surface area contributed by atoms with Crippen LogP contribution in [0.4, 0.5) is 87.8 Å². The topological polar surface area (TPSA) is 17.1 Å². The molecule has 0 unspecified atom stereocenters. The van der Waals surface area contributed by atoms with Crippen molar-refractivity contribution >= 4 is 70.4 Å². The molecular weight excluding hydrogens is 1110 g/mol. The Hall–Kier alpha value is -7.34. The van der Waals surface area contributed by atoms with Crippen molar-refractivity contribution in [3.05, 3.63) is 229 Å². The molecule has 8 aromatic carbocycles. The predicted octanol–water partition coefficient (Wildman–Crippen LogP) is 13.5. The number of fused-ring (bicyclic) bond motifs is 2. The van der Waals surface area contributed by atoms with Crippen LogP contribution in [0, 0.1) is 116 Å². The Balaban J connectivity index is 0.000000215. The van der Waals surface area contributed by atoms with Crippen molar-refractivity contribution in [1.82, 2.24) is 0 Å². The molecule has 0 saturated heterocycles. The fourth-order valence-electron chi connectivity index (χ4n) is 9.06. The van der Waals surface area contributed by atoms with Gasteiger partial charge in [0.15, 0.2) is 89.9 Å². The number of rotatable bonds is 9. The highest BCUT2D eigenvalue weighted by Gasteiger charge is 2.52. The molecule has 24 heteroatoms. The monoisotopic (exact) mass is 1130 g/mol. The number of aryl methyl sites for hydroxylation is 2. The van der Waals surface area contributed by atoms with Crippen molar-refractivity contribution in [2.75, 3.05) is 0 Å². The van der Waals surface area contributed by atoms with E-state index in [1.54, 1.807) is 11.3 Å². The standard InChI is InChI=1S/C29H25OS2.C24BF20/c1-3-20-17-21(4-2)29-26(18-20)28(30)25-19-24(15-16-27(25)31-29)32(22-11-7-5-8-12-22)23-13-9-6-10-14-23;26-5-1(6(27)14(35)21(42)13(5)34)25(2-7(28)15(36)22(43)16(37)8(2)29,3-9(30)17(38)23(44)18(39)10(3)31)4-11(32)19(40)24(45)20(41)12(4)33/h5-19H,3-4H2,1-2H3;/q+1;-1. The summed E-state index contributed by atoms with van der Waals surface area (Å²) in [4.78, 5) is 17.4. The summed E-state index contributed by atoms with van der Waals surface area (Å²) in [5, 5.41) is 1.70. The number of benzene rings is 8. The van der Waals surface area contributed by atoms with Gasteiger partial charge in [0.05, 0.1) is 10.9 Å². The maximum atomic E-state index is 15.4. The lowest BCUT2D eigenvalue weighted by molar-refractivity contribution is 0.378. The molecule has 0 aliphatic carbocycles. The zero-order valence-corrected chi connectivity index (χ0v) is 40.1. The molecule has 0 saturated carbocycles. The van der Waals surface area contributed by atoms with Gasteiger partial charge < -0.3 is 0 Å². The number of hydrogen-bond donors (Lipinski definition) is 0. The smallest absolute Gasteiger partial charge is 0.200 e. The molecular formula is C53H25BF20OS2. The molecule has 1 heterocycles. The third-order valence-electron chi connectivity index (χ3n) is 12.6. The van der Waals surface area contributed by atoms with Gasteiger partial charge in [0.1, 0.15) is 52.7 Å². The molecule has 1 nitrogen and oxygen atoms in total. The Morgan fingerprint density at radius 2 is 0.688 bits per heavy atom. The normalized spacial score (nSPS) is 11.8. The minimum atomic E-state index is -7.22. The van der Waals surface area contributed by atoms with Crippen LogP contribution >= 0.6 is 11.3 Å². The van der Waals surface area contributed by atoms with E-state index < -0.39 is 144 Å². The SMILES string of the molecule is CCc1cc(CC)c2sc3ccc([S+](c4ccccc4)c4ccccc4)cc3c(=O)c2c1.Fc1c(F)c(F)c([B-](c2c(F)c(F)c(F)c(F)c2F)(c2c(F)c(F)c(F)c(F)c2F)c2c(F)c(F)c(F)c(F)c2F)c(F)c1F. The molecule has 77 heavy (non-hydrogen) atoms. The second-order valence-corrected chi connectivity index (χ2v) is 19.7. The lowest BCUT2D eigenvalue weighted by Gasteiger charge is -2.44. The van der Waals surface area contributed by atoms with E-state index in [0.717, 1.165) is 33.0 Å². The van der Waals surface area contributed by atoms with Crippen LogP contribution in [0.15, 0.2) is 110 Å². The van der Waals surface area contributed by atoms with Gasteiger partial charge in [-0.05, 0) is 66.4 Å². The van der Waals surface area contributed by atoms with Crippen LogP contribution in [0.5, 0.6) is 0 Å². The summed E-state index contributed by atoms with van der Waals surface area (Å²) in [6.07, 6.45) is -5.34. The molecule has 0 bridgehead atoms. The van der Waals surface area contributed by atoms with E-state index in [-0.39, 0.29) is 16.3 Å². The summed E-state index contributed by atoms with van der Waals surface area (Å²) in [5.41, 5.74) is -11.7. The predicted molar refractivity (Wildman–Crippen MR) is 249 cm³/mol. The van der Waals surface area contributed by atoms with Gasteiger partial charge in [-0.3, -0.25) is 4.79 Å². The first-order valence-corrected chi connectivity index (χ1v) is 24.0. The average Bonchev–Trinajstić information content (AvgIpc) is 3.50. The summed E-state index contributed by atoms with van der Waals surface area (Å²) >= 11 is 1.75. The highest BCUT2D eigenvalue weighted by atomic mass is 32.2. The fraction of sp³-hybridized carbons (Fsp3) is 0.0755. The van der Waals surface area contributed by atoms with Crippen molar-refractivity contribution in [3.63, 3.8) is 0 Å². The molecule has 1 aromatic heterocycles. The van der Waals surface area contributed by atoms with E-state index in [2.05, 4.69) is 105 Å². The Morgan fingerprint density at radius 3 is 1.00 bits per heavy atom. The average molecular weight is 1130 g/mol. The van der Waals surface area contributed by atoms with Crippen LogP contribution < -0.4 is 27.3 Å². The number of hydrogen-bond acceptors (Lipinski definition) is 2. The van der Waals surface area contributed by atoms with E-state index in [4.69, 9.17) is 0 Å². The minimum Gasteiger partial charge on any atom is -0.288 e. The Morgan fingerprint density at radius 1 is 0.364 bits per heavy atom. The van der Waals surface area contributed by atoms with Crippen molar-refractivity contribution in [1.29, 1.82) is 0 Å². The summed E-state index contributed by atoms with van der Waals surface area (Å²) in [7, 11) is -0.259. The van der Waals surface area contributed by atoms with Gasteiger partial charge in [-0.2, -0.15) is 0 Å². The van der Waals surface area contributed by atoms with E-state index >= 15 is 35.1 Å². The van der Waals surface area contributed by atoms with E-state index in [1.165, 1.54) is 25.8 Å². The Bertz CT molecular complexity index is 3510. The second-order valence-electron chi connectivity index (χ2n) is 16.7. The Kier molecular flexibility index (Phi) is 15.4. The highest BCUT2D eigenvalue weighted by Crippen LogP contribution is 2.36. The second kappa shape index (κ2) is 21.2. The summed E-state index contributed by atoms with van der Waals surface area (Å²) in [6, 6.07) is 32.1. The lowest BCUT2D eigenvalue weighted by atomic mass is 9.12. The maximum absolute atomic E-state index is 15.4. The van der Waals surface area contributed by atoms with Crippen molar-refractivity contribution in [2.24, 2.45) is 0 Å². The molecule has 9 aromatic rings. The van der Waals surface area contributed by atoms with Gasteiger partial charge in [-0.15, -0.1) is 33.2 Å². The molecule has 0 aliphatic rings. The first-order valence-electron chi connectivity index (χ1n) is 22.0. The van der Waals surface area contributed by atoms with Crippen LogP contribution in [0.3, 0.4) is 0 Å². The van der Waals surface area contributed by atoms with E-state index in [9.17, 15) is 57.5 Å². The molecule has 0 spiro atoms. The first kappa shape index (κ1) is 55.9. The molecule has 0 atom stereocenters. The van der Waals surface area contributed by atoms with Crippen molar-refractivity contribution in [2.45, 2.75) is 41.4 Å². The lowest BCUT2D eigenvalue weighted by Crippen LogP contribution is -2.81. The van der Waals surface area contributed by atoms with Gasteiger partial charge in [0.2, 0.25) is 0 Å². The molecule has 0 radical (unpaired) electrons. The third-order valence-corrected chi connectivity index (χ3v) is 16.0. The molecule has 0 N–H and O–H groups in total. The third kappa shape index (κ3) is 8.85. The van der Waals surface area contributed by atoms with Crippen LogP contribution in [-0.4, -0.2) is 6.15 Å². The highest BCUT2D eigenvalue weighted by molar-refractivity contribution is 7.97. The molecule has 9 rings (SSSR count). The molecule has 0 amide bonds. The van der Waals surface area contributed by atoms with Gasteiger partial charge in [-0.1, -0.05) is 56.3 Å². The van der Waals surface area contributed by atoms with Crippen LogP contribution in [0.1, 0.15) is 25.0 Å². The fourth-order valence-corrected chi connectivity index (χ4v) is 12.4. The largest absolute Gasteiger partial charge is 0.288 e. The Labute approximate surface area is 426 Å². The minimum absolute atomic E-state index is 0.158. The number of halogens is 20. The van der Waals surface area contributed by atoms with Gasteiger partial charge >= 0.3 is 0 Å². The van der Waals surface area contributed by atoms with Crippen LogP contribution in [-0.2, 0) is 23.7 Å². The van der Waals surface area contributed by atoms with Gasteiger partial charge in [0, 0.05) is 26.2 Å². The van der Waals surface area contributed by atoms with Crippen LogP contribution in [0.2, 0.25) is 0 Å². The first-order chi connectivity index (χ1) is 36.4. The summed E-state index contributed by atoms with van der Waals surface area (Å²) in [5.74, 6) is -71.4. The van der Waals surface area contributed by atoms with Crippen LogP contribution in [0.25, 0.3) is 20.2 Å². The van der Waals surface area contributed by atoms with Gasteiger partial charge in [-0.25, -0.2) is 87.8 Å². The van der Waals surface area contributed by atoms with Crippen molar-refractivity contribution < 1.29 is 87.8 Å². The maximum Gasteiger partial charge on any atom is 0.200 e. The summed E-state index contributed by atoms with van der Waals surface area (Å²) < 4.78 is 296. The van der Waals surface area contributed by atoms with E-state index in [0.29, 0.717) is 0 Å². The molecule has 0 aliphatic heterocycles.